The zero-order valence-electron chi connectivity index (χ0n) is 23.4. The molecule has 2 heterocycles. The van der Waals surface area contributed by atoms with Gasteiger partial charge in [-0.3, -0.25) is 14.8 Å². The average Bonchev–Trinajstić information content (AvgIpc) is 3.51. The third-order valence-corrected chi connectivity index (χ3v) is 7.74. The van der Waals surface area contributed by atoms with E-state index in [2.05, 4.69) is 20.6 Å². The standard InChI is InChI=1S/C29H30N8O6S/c30-29(31)33-19-7-9-21-23(15-19)35-25(34-21)16-26-36-22-8-6-18(14-24(22)37(26)12-3-13-44(41,42)43)27(38)32-11-10-17-4-1-2-5-20(17)28(39)40/h1-2,4-9,14-15H,3,10-13,16H2,(H,32,38)(H,34,35)(H,39,40)(H4,30,31,33)(H,41,42,43). The zero-order valence-corrected chi connectivity index (χ0v) is 24.2. The first-order valence-corrected chi connectivity index (χ1v) is 15.2. The first-order valence-electron chi connectivity index (χ1n) is 13.6. The fourth-order valence-electron chi connectivity index (χ4n) is 4.99. The Hall–Kier alpha value is -5.28. The van der Waals surface area contributed by atoms with Gasteiger partial charge in [-0.25, -0.2) is 14.8 Å². The number of carboxylic acid groups (broad SMARTS) is 1. The molecule has 0 atom stereocenters. The van der Waals surface area contributed by atoms with Gasteiger partial charge in [-0.15, -0.1) is 0 Å². The molecule has 44 heavy (non-hydrogen) atoms. The highest BCUT2D eigenvalue weighted by molar-refractivity contribution is 7.85. The van der Waals surface area contributed by atoms with Gasteiger partial charge in [-0.1, -0.05) is 18.2 Å². The number of anilines is 1. The van der Waals surface area contributed by atoms with Gasteiger partial charge in [-0.05, 0) is 60.9 Å². The Morgan fingerprint density at radius 1 is 1.05 bits per heavy atom. The number of aromatic nitrogens is 4. The van der Waals surface area contributed by atoms with Crippen LogP contribution in [0.5, 0.6) is 0 Å². The minimum Gasteiger partial charge on any atom is -0.478 e. The Balaban J connectivity index is 1.39. The van der Waals surface area contributed by atoms with E-state index in [0.29, 0.717) is 51.4 Å². The number of benzene rings is 3. The van der Waals surface area contributed by atoms with Gasteiger partial charge >= 0.3 is 5.97 Å². The molecular formula is C29H30N8O6S. The number of imidazole rings is 2. The Kier molecular flexibility index (Phi) is 8.59. The largest absolute Gasteiger partial charge is 0.478 e. The van der Waals surface area contributed by atoms with Gasteiger partial charge in [0.2, 0.25) is 0 Å². The highest BCUT2D eigenvalue weighted by Gasteiger charge is 2.17. The maximum Gasteiger partial charge on any atom is 0.335 e. The van der Waals surface area contributed by atoms with Crippen molar-refractivity contribution in [1.29, 1.82) is 5.41 Å². The molecule has 14 nitrogen and oxygen atoms in total. The molecule has 228 valence electrons. The van der Waals surface area contributed by atoms with E-state index in [9.17, 15) is 27.7 Å². The van der Waals surface area contributed by atoms with Crippen molar-refractivity contribution < 1.29 is 27.7 Å². The number of H-pyrrole nitrogens is 1. The highest BCUT2D eigenvalue weighted by Crippen LogP contribution is 2.23. The molecule has 5 aromatic rings. The molecule has 0 bridgehead atoms. The minimum absolute atomic E-state index is 0.108. The third kappa shape index (κ3) is 7.19. The Labute approximate surface area is 251 Å². The minimum atomic E-state index is -4.18. The molecule has 0 radical (unpaired) electrons. The topological polar surface area (TPSA) is 229 Å². The van der Waals surface area contributed by atoms with E-state index >= 15 is 0 Å². The molecule has 0 aliphatic heterocycles. The summed E-state index contributed by atoms with van der Waals surface area (Å²) in [5.41, 5.74) is 9.76. The lowest BCUT2D eigenvalue weighted by molar-refractivity contribution is 0.0695. The van der Waals surface area contributed by atoms with Crippen molar-refractivity contribution in [2.24, 2.45) is 5.73 Å². The first-order chi connectivity index (χ1) is 21.0. The van der Waals surface area contributed by atoms with E-state index in [1.807, 2.05) is 0 Å². The van der Waals surface area contributed by atoms with Crippen LogP contribution < -0.4 is 16.4 Å². The number of hydrogen-bond acceptors (Lipinski definition) is 7. The summed E-state index contributed by atoms with van der Waals surface area (Å²) in [7, 11) is -4.18. The fourth-order valence-corrected chi connectivity index (χ4v) is 5.48. The smallest absolute Gasteiger partial charge is 0.335 e. The number of nitrogens with one attached hydrogen (secondary N) is 4. The van der Waals surface area contributed by atoms with Crippen LogP contribution in [0.25, 0.3) is 22.1 Å². The lowest BCUT2D eigenvalue weighted by atomic mass is 10.0. The van der Waals surface area contributed by atoms with Crippen LogP contribution in [0.2, 0.25) is 0 Å². The summed E-state index contributed by atoms with van der Waals surface area (Å²) < 4.78 is 33.9. The summed E-state index contributed by atoms with van der Waals surface area (Å²) in [6.45, 7) is 0.422. The summed E-state index contributed by atoms with van der Waals surface area (Å²) in [4.78, 5) is 37.1. The second-order valence-electron chi connectivity index (χ2n) is 10.1. The Bertz CT molecular complexity index is 2000. The van der Waals surface area contributed by atoms with Crippen LogP contribution in [0.3, 0.4) is 0 Å². The highest BCUT2D eigenvalue weighted by atomic mass is 32.2. The van der Waals surface area contributed by atoms with Gasteiger partial charge in [0.05, 0.1) is 39.8 Å². The molecular weight excluding hydrogens is 588 g/mol. The number of carboxylic acids is 1. The van der Waals surface area contributed by atoms with Crippen molar-refractivity contribution in [1.82, 2.24) is 24.8 Å². The lowest BCUT2D eigenvalue weighted by Gasteiger charge is -2.10. The van der Waals surface area contributed by atoms with Crippen molar-refractivity contribution in [3.63, 3.8) is 0 Å². The van der Waals surface area contributed by atoms with E-state index in [4.69, 9.17) is 16.1 Å². The monoisotopic (exact) mass is 618 g/mol. The number of hydrogen-bond donors (Lipinski definition) is 7. The van der Waals surface area contributed by atoms with Gasteiger partial charge in [-0.2, -0.15) is 8.42 Å². The summed E-state index contributed by atoms with van der Waals surface area (Å²) >= 11 is 0. The van der Waals surface area contributed by atoms with Crippen molar-refractivity contribution in [2.75, 3.05) is 17.6 Å². The third-order valence-electron chi connectivity index (χ3n) is 6.94. The maximum absolute atomic E-state index is 13.0. The fraction of sp³-hybridized carbons (Fsp3) is 0.207. The van der Waals surface area contributed by atoms with Crippen molar-refractivity contribution in [3.05, 3.63) is 89.0 Å². The van der Waals surface area contributed by atoms with Crippen LogP contribution in [0.1, 0.15) is 44.3 Å². The summed E-state index contributed by atoms with van der Waals surface area (Å²) in [6, 6.07) is 16.9. The van der Waals surface area contributed by atoms with Crippen molar-refractivity contribution in [2.45, 2.75) is 25.8 Å². The molecule has 0 saturated carbocycles. The summed E-state index contributed by atoms with van der Waals surface area (Å²) in [6.07, 6.45) is 0.699. The van der Waals surface area contributed by atoms with E-state index in [1.54, 1.807) is 59.2 Å². The second-order valence-corrected chi connectivity index (χ2v) is 11.7. The molecule has 5 rings (SSSR count). The van der Waals surface area contributed by atoms with Crippen molar-refractivity contribution in [3.8, 4) is 0 Å². The Morgan fingerprint density at radius 2 is 1.84 bits per heavy atom. The predicted octanol–water partition coefficient (Wildman–Crippen LogP) is 2.76. The van der Waals surface area contributed by atoms with Crippen LogP contribution in [-0.4, -0.2) is 67.7 Å². The number of carbonyl (C=O) groups is 2. The average molecular weight is 619 g/mol. The first kappa shape index (κ1) is 30.2. The number of nitrogens with two attached hydrogens (primary N) is 1. The van der Waals surface area contributed by atoms with Gasteiger partial charge in [0.25, 0.3) is 16.0 Å². The molecule has 15 heteroatoms. The number of carbonyl (C=O) groups excluding carboxylic acids is 1. The number of aryl methyl sites for hydroxylation is 1. The normalized spacial score (nSPS) is 11.6. The maximum atomic E-state index is 13.0. The molecule has 0 unspecified atom stereocenters. The van der Waals surface area contributed by atoms with E-state index in [1.165, 1.54) is 6.07 Å². The Morgan fingerprint density at radius 3 is 2.59 bits per heavy atom. The number of rotatable bonds is 12. The molecule has 0 spiro atoms. The number of aromatic amines is 1. The zero-order chi connectivity index (χ0) is 31.4. The molecule has 0 aliphatic carbocycles. The van der Waals surface area contributed by atoms with Crippen LogP contribution in [0.4, 0.5) is 5.69 Å². The predicted molar refractivity (Wildman–Crippen MR) is 165 cm³/mol. The van der Waals surface area contributed by atoms with Crippen LogP contribution in [0, 0.1) is 5.41 Å². The lowest BCUT2D eigenvalue weighted by Crippen LogP contribution is -2.26. The number of aromatic carboxylic acids is 1. The molecule has 0 fully saturated rings. The van der Waals surface area contributed by atoms with Gasteiger partial charge < -0.3 is 31.0 Å². The number of amides is 1. The molecule has 0 saturated heterocycles. The molecule has 2 aromatic heterocycles. The number of guanidine groups is 1. The molecule has 3 aromatic carbocycles. The van der Waals surface area contributed by atoms with E-state index in [-0.39, 0.29) is 43.4 Å². The van der Waals surface area contributed by atoms with Crippen molar-refractivity contribution >= 4 is 55.7 Å². The summed E-state index contributed by atoms with van der Waals surface area (Å²) in [5.74, 6) is -0.881. The molecule has 1 amide bonds. The molecule has 0 aliphatic rings. The van der Waals surface area contributed by atoms with Crippen LogP contribution in [0.15, 0.2) is 60.7 Å². The SMILES string of the molecule is N=C(N)Nc1ccc2[nH]c(Cc3nc4ccc(C(=O)NCCc5ccccc5C(=O)O)cc4n3CCCS(=O)(=O)O)nc2c1. The van der Waals surface area contributed by atoms with E-state index < -0.39 is 21.8 Å². The van der Waals surface area contributed by atoms with E-state index in [0.717, 1.165) is 5.52 Å². The second kappa shape index (κ2) is 12.5. The quantitative estimate of drug-likeness (QED) is 0.0614. The van der Waals surface area contributed by atoms with Gasteiger partial charge in [0.15, 0.2) is 5.96 Å². The molecule has 8 N–H and O–H groups in total. The van der Waals surface area contributed by atoms with Crippen LogP contribution in [-0.2, 0) is 29.5 Å². The summed E-state index contributed by atoms with van der Waals surface area (Å²) in [5, 5.41) is 22.4. The number of fused-ring (bicyclic) bond motifs is 2. The van der Waals surface area contributed by atoms with Crippen LogP contribution >= 0.6 is 0 Å². The van der Waals surface area contributed by atoms with Gasteiger partial charge in [0.1, 0.15) is 11.6 Å². The van der Waals surface area contributed by atoms with Gasteiger partial charge in [0, 0.05) is 24.3 Å². The number of nitrogens with zero attached hydrogens (tertiary/aromatic N) is 3.